The van der Waals surface area contributed by atoms with E-state index in [-0.39, 0.29) is 35.4 Å². The van der Waals surface area contributed by atoms with Crippen molar-refractivity contribution in [2.24, 2.45) is 0 Å². The summed E-state index contributed by atoms with van der Waals surface area (Å²) < 4.78 is 4.46. The third-order valence-corrected chi connectivity index (χ3v) is 1.63. The minimum Gasteiger partial charge on any atom is -0.540 e. The summed E-state index contributed by atoms with van der Waals surface area (Å²) in [7, 11) is 0. The van der Waals surface area contributed by atoms with Gasteiger partial charge in [-0.15, -0.1) is 0 Å². The second-order valence-electron chi connectivity index (χ2n) is 2.58. The molecule has 2 rings (SSSR count). The number of benzene rings is 1. The Kier molecular flexibility index (Phi) is 4.02. The molecule has 70 valence electrons. The molecular formula is C9H5N2NaO3. The van der Waals surface area contributed by atoms with E-state index in [1.165, 1.54) is 0 Å². The molecule has 0 saturated carbocycles. The summed E-state index contributed by atoms with van der Waals surface area (Å²) in [5.74, 6) is -1.74. The fourth-order valence-corrected chi connectivity index (χ4v) is 1.01. The van der Waals surface area contributed by atoms with Gasteiger partial charge in [0, 0.05) is 5.56 Å². The minimum atomic E-state index is -1.47. The Balaban J connectivity index is 0.00000112. The maximum absolute atomic E-state index is 10.3. The molecule has 0 unspecified atom stereocenters. The second-order valence-corrected chi connectivity index (χ2v) is 2.58. The largest absolute Gasteiger partial charge is 1.00 e. The second kappa shape index (κ2) is 5.06. The van der Waals surface area contributed by atoms with E-state index in [2.05, 4.69) is 14.7 Å². The maximum Gasteiger partial charge on any atom is 1.00 e. The molecule has 0 bridgehead atoms. The molecule has 6 heteroatoms. The number of carboxylic acid groups (broad SMARTS) is 1. The monoisotopic (exact) mass is 212 g/mol. The summed E-state index contributed by atoms with van der Waals surface area (Å²) in [4.78, 5) is 14.0. The van der Waals surface area contributed by atoms with Crippen LogP contribution in [0.25, 0.3) is 11.4 Å². The summed E-state index contributed by atoms with van der Waals surface area (Å²) in [6, 6.07) is 8.94. The number of nitrogens with zero attached hydrogens (tertiary/aromatic N) is 2. The van der Waals surface area contributed by atoms with Crippen LogP contribution >= 0.6 is 0 Å². The number of carboxylic acids is 1. The van der Waals surface area contributed by atoms with E-state index in [0.29, 0.717) is 5.56 Å². The van der Waals surface area contributed by atoms with Crippen LogP contribution in [0.3, 0.4) is 0 Å². The average Bonchev–Trinajstić information content (AvgIpc) is 2.68. The zero-order valence-electron chi connectivity index (χ0n) is 8.01. The van der Waals surface area contributed by atoms with Gasteiger partial charge in [0.1, 0.15) is 5.97 Å². The molecule has 1 aromatic carbocycles. The summed E-state index contributed by atoms with van der Waals surface area (Å²) >= 11 is 0. The van der Waals surface area contributed by atoms with E-state index in [4.69, 9.17) is 0 Å². The fourth-order valence-electron chi connectivity index (χ4n) is 1.01. The maximum atomic E-state index is 10.3. The first-order valence-electron chi connectivity index (χ1n) is 3.88. The minimum absolute atomic E-state index is 0. The molecule has 0 saturated heterocycles. The number of aromatic carboxylic acids is 1. The molecule has 0 fully saturated rings. The number of rotatable bonds is 2. The Labute approximate surface area is 107 Å². The number of hydrogen-bond acceptors (Lipinski definition) is 5. The molecule has 0 atom stereocenters. The van der Waals surface area contributed by atoms with E-state index in [1.54, 1.807) is 24.3 Å². The Morgan fingerprint density at radius 3 is 2.47 bits per heavy atom. The molecule has 0 radical (unpaired) electrons. The van der Waals surface area contributed by atoms with Crippen molar-refractivity contribution >= 4 is 5.97 Å². The van der Waals surface area contributed by atoms with Crippen molar-refractivity contribution in [1.29, 1.82) is 0 Å². The van der Waals surface area contributed by atoms with Crippen LogP contribution in [-0.4, -0.2) is 16.1 Å². The van der Waals surface area contributed by atoms with E-state index in [9.17, 15) is 9.90 Å². The molecule has 5 nitrogen and oxygen atoms in total. The zero-order valence-corrected chi connectivity index (χ0v) is 10.0. The average molecular weight is 212 g/mol. The summed E-state index contributed by atoms with van der Waals surface area (Å²) in [6.07, 6.45) is 0. The van der Waals surface area contributed by atoms with Gasteiger partial charge in [0.25, 0.3) is 5.89 Å². The summed E-state index contributed by atoms with van der Waals surface area (Å²) in [6.45, 7) is 0. The topological polar surface area (TPSA) is 79.0 Å². The standard InChI is InChI=1S/C9H6N2O3.Na/c12-9(13)8-10-7(11-14-8)6-4-2-1-3-5-6;/h1-5H,(H,12,13);/q;+1/p-1. The zero-order chi connectivity index (χ0) is 9.97. The third kappa shape index (κ3) is 2.65. The van der Waals surface area contributed by atoms with Gasteiger partial charge in [0.15, 0.2) is 0 Å². The molecule has 1 aromatic heterocycles. The van der Waals surface area contributed by atoms with Crippen molar-refractivity contribution < 1.29 is 44.0 Å². The van der Waals surface area contributed by atoms with Crippen LogP contribution in [0.5, 0.6) is 0 Å². The number of hydrogen-bond donors (Lipinski definition) is 0. The molecule has 15 heavy (non-hydrogen) atoms. The van der Waals surface area contributed by atoms with Crippen molar-refractivity contribution in [2.75, 3.05) is 0 Å². The predicted molar refractivity (Wildman–Crippen MR) is 44.1 cm³/mol. The number of carbonyl (C=O) groups is 1. The Bertz CT molecular complexity index is 455. The van der Waals surface area contributed by atoms with Crippen LogP contribution in [-0.2, 0) is 0 Å². The van der Waals surface area contributed by atoms with Gasteiger partial charge < -0.3 is 14.4 Å². The molecule has 0 N–H and O–H groups in total. The van der Waals surface area contributed by atoms with E-state index in [1.807, 2.05) is 6.07 Å². The van der Waals surface area contributed by atoms with Gasteiger partial charge in [0.05, 0.1) is 0 Å². The van der Waals surface area contributed by atoms with Gasteiger partial charge in [-0.25, -0.2) is 0 Å². The number of aromatic nitrogens is 2. The van der Waals surface area contributed by atoms with Gasteiger partial charge in [-0.2, -0.15) is 4.98 Å². The Morgan fingerprint density at radius 2 is 1.93 bits per heavy atom. The van der Waals surface area contributed by atoms with Crippen molar-refractivity contribution in [1.82, 2.24) is 10.1 Å². The normalized spacial score (nSPS) is 9.33. The van der Waals surface area contributed by atoms with E-state index in [0.717, 1.165) is 0 Å². The Hall–Kier alpha value is -1.17. The summed E-state index contributed by atoms with van der Waals surface area (Å²) in [5, 5.41) is 13.8. The third-order valence-electron chi connectivity index (χ3n) is 1.63. The van der Waals surface area contributed by atoms with E-state index >= 15 is 0 Å². The van der Waals surface area contributed by atoms with Crippen molar-refractivity contribution in [3.05, 3.63) is 36.2 Å². The predicted octanol–water partition coefficient (Wildman–Crippen LogP) is -2.90. The molecule has 1 heterocycles. The molecular weight excluding hydrogens is 207 g/mol. The van der Waals surface area contributed by atoms with Crippen LogP contribution in [0, 0.1) is 0 Å². The quantitative estimate of drug-likeness (QED) is 0.499. The smallest absolute Gasteiger partial charge is 0.540 e. The van der Waals surface area contributed by atoms with Gasteiger partial charge in [-0.1, -0.05) is 35.5 Å². The van der Waals surface area contributed by atoms with Crippen molar-refractivity contribution in [3.8, 4) is 11.4 Å². The molecule has 0 aliphatic heterocycles. The molecule has 0 aliphatic rings. The van der Waals surface area contributed by atoms with Gasteiger partial charge in [-0.3, -0.25) is 0 Å². The number of carbonyl (C=O) groups excluding carboxylic acids is 1. The van der Waals surface area contributed by atoms with Crippen LogP contribution in [0.15, 0.2) is 34.9 Å². The van der Waals surface area contributed by atoms with Gasteiger partial charge in [-0.05, 0) is 0 Å². The molecule has 0 spiro atoms. The van der Waals surface area contributed by atoms with Crippen molar-refractivity contribution in [3.63, 3.8) is 0 Å². The first-order chi connectivity index (χ1) is 6.77. The van der Waals surface area contributed by atoms with Crippen LogP contribution in [0.1, 0.15) is 10.7 Å². The molecule has 0 aliphatic carbocycles. The SMILES string of the molecule is O=C([O-])c1nc(-c2ccccc2)no1.[Na+]. The van der Waals surface area contributed by atoms with Crippen LogP contribution in [0.2, 0.25) is 0 Å². The van der Waals surface area contributed by atoms with Gasteiger partial charge in [0.2, 0.25) is 5.82 Å². The van der Waals surface area contributed by atoms with Crippen LogP contribution in [0.4, 0.5) is 0 Å². The van der Waals surface area contributed by atoms with Crippen LogP contribution < -0.4 is 34.7 Å². The first kappa shape index (κ1) is 11.9. The fraction of sp³-hybridized carbons (Fsp3) is 0. The van der Waals surface area contributed by atoms with Gasteiger partial charge >= 0.3 is 29.6 Å². The van der Waals surface area contributed by atoms with Crippen molar-refractivity contribution in [2.45, 2.75) is 0 Å². The molecule has 0 amide bonds. The summed E-state index contributed by atoms with van der Waals surface area (Å²) in [5.41, 5.74) is 0.698. The first-order valence-corrected chi connectivity index (χ1v) is 3.88. The molecule has 2 aromatic rings. The van der Waals surface area contributed by atoms with E-state index < -0.39 is 11.9 Å². The Morgan fingerprint density at radius 1 is 1.27 bits per heavy atom.